The van der Waals surface area contributed by atoms with Crippen molar-refractivity contribution in [3.05, 3.63) is 76.5 Å². The van der Waals surface area contributed by atoms with Crippen LogP contribution >= 0.6 is 15.9 Å². The molecule has 0 atom stereocenters. The molecular weight excluding hydrogens is 324 g/mol. The molecule has 3 aromatic rings. The van der Waals surface area contributed by atoms with Crippen LogP contribution in [0.1, 0.15) is 11.3 Å². The van der Waals surface area contributed by atoms with Crippen LogP contribution in [0.3, 0.4) is 0 Å². The highest BCUT2D eigenvalue weighted by Gasteiger charge is 2.16. The van der Waals surface area contributed by atoms with E-state index in [1.165, 1.54) is 16.8 Å². The Kier molecular flexibility index (Phi) is 4.20. The SMILES string of the molecule is C[n+]1c(CCc2ccccc2)c[nH]c1-c1cccc(Br)c1. The van der Waals surface area contributed by atoms with Gasteiger partial charge in [0.2, 0.25) is 0 Å². The first-order chi connectivity index (χ1) is 10.2. The molecule has 3 rings (SSSR count). The van der Waals surface area contributed by atoms with Gasteiger partial charge in [0, 0.05) is 10.9 Å². The van der Waals surface area contributed by atoms with E-state index in [1.807, 2.05) is 6.07 Å². The Morgan fingerprint density at radius 3 is 2.57 bits per heavy atom. The predicted molar refractivity (Wildman–Crippen MR) is 89.0 cm³/mol. The second-order valence-corrected chi connectivity index (χ2v) is 6.10. The number of nitrogens with one attached hydrogen (secondary N) is 1. The monoisotopic (exact) mass is 341 g/mol. The number of aryl methyl sites for hydroxylation is 2. The molecule has 1 N–H and O–H groups in total. The van der Waals surface area contributed by atoms with Crippen molar-refractivity contribution >= 4 is 15.9 Å². The summed E-state index contributed by atoms with van der Waals surface area (Å²) in [5.74, 6) is 1.14. The fourth-order valence-corrected chi connectivity index (χ4v) is 2.96. The van der Waals surface area contributed by atoms with Crippen LogP contribution in [0.2, 0.25) is 0 Å². The third-order valence-electron chi connectivity index (χ3n) is 3.75. The van der Waals surface area contributed by atoms with E-state index < -0.39 is 0 Å². The molecule has 0 fully saturated rings. The van der Waals surface area contributed by atoms with Gasteiger partial charge >= 0.3 is 0 Å². The van der Waals surface area contributed by atoms with Crippen LogP contribution in [-0.2, 0) is 19.9 Å². The maximum absolute atomic E-state index is 3.53. The summed E-state index contributed by atoms with van der Waals surface area (Å²) in [7, 11) is 2.12. The molecule has 0 saturated heterocycles. The molecule has 0 saturated carbocycles. The third kappa shape index (κ3) is 3.24. The fourth-order valence-electron chi connectivity index (χ4n) is 2.56. The van der Waals surface area contributed by atoms with Crippen molar-refractivity contribution in [2.24, 2.45) is 7.05 Å². The normalized spacial score (nSPS) is 10.8. The van der Waals surface area contributed by atoms with Gasteiger partial charge in [-0.05, 0) is 30.2 Å². The lowest BCUT2D eigenvalue weighted by atomic mass is 10.1. The van der Waals surface area contributed by atoms with Gasteiger partial charge in [0.1, 0.15) is 11.9 Å². The van der Waals surface area contributed by atoms with E-state index in [0.717, 1.165) is 23.1 Å². The lowest BCUT2D eigenvalue weighted by Crippen LogP contribution is -2.33. The zero-order chi connectivity index (χ0) is 14.7. The molecule has 0 bridgehead atoms. The number of H-pyrrole nitrogens is 1. The molecule has 1 heterocycles. The van der Waals surface area contributed by atoms with Crippen LogP contribution in [0.15, 0.2) is 65.3 Å². The van der Waals surface area contributed by atoms with Crippen LogP contribution in [0, 0.1) is 0 Å². The standard InChI is InChI=1S/C18H17BrN2/c1-21-17(11-10-14-6-3-2-4-7-14)13-20-18(21)15-8-5-9-16(19)12-15/h2-9,12-13H,10-11H2,1H3/p+1. The molecule has 0 unspecified atom stereocenters. The summed E-state index contributed by atoms with van der Waals surface area (Å²) < 4.78 is 3.34. The number of aromatic nitrogens is 2. The quantitative estimate of drug-likeness (QED) is 0.690. The number of hydrogen-bond acceptors (Lipinski definition) is 0. The lowest BCUT2D eigenvalue weighted by Gasteiger charge is -2.01. The number of nitrogens with zero attached hydrogens (tertiary/aromatic N) is 1. The summed E-state index contributed by atoms with van der Waals surface area (Å²) in [6.07, 6.45) is 4.20. The molecule has 1 aromatic heterocycles. The van der Waals surface area contributed by atoms with Gasteiger partial charge in [0.15, 0.2) is 0 Å². The predicted octanol–water partition coefficient (Wildman–Crippen LogP) is 4.05. The second kappa shape index (κ2) is 6.27. The summed E-state index contributed by atoms with van der Waals surface area (Å²) in [5, 5.41) is 0. The van der Waals surface area contributed by atoms with Crippen LogP contribution in [0.5, 0.6) is 0 Å². The maximum Gasteiger partial charge on any atom is 0.286 e. The minimum Gasteiger partial charge on any atom is -0.243 e. The summed E-state index contributed by atoms with van der Waals surface area (Å²) in [5.41, 5.74) is 3.88. The first-order valence-corrected chi connectivity index (χ1v) is 7.89. The molecule has 2 nitrogen and oxygen atoms in total. The molecule has 0 aliphatic heterocycles. The average Bonchev–Trinajstić information content (AvgIpc) is 2.87. The van der Waals surface area contributed by atoms with E-state index in [-0.39, 0.29) is 0 Å². The molecule has 0 radical (unpaired) electrons. The third-order valence-corrected chi connectivity index (χ3v) is 4.25. The molecular formula is C18H18BrN2+. The summed E-state index contributed by atoms with van der Waals surface area (Å²) in [6.45, 7) is 0. The molecule has 0 aliphatic carbocycles. The van der Waals surface area contributed by atoms with Crippen molar-refractivity contribution in [2.45, 2.75) is 12.8 Å². The van der Waals surface area contributed by atoms with Crippen molar-refractivity contribution < 1.29 is 4.57 Å². The molecule has 0 amide bonds. The Bertz CT molecular complexity index is 732. The molecule has 21 heavy (non-hydrogen) atoms. The Balaban J connectivity index is 1.80. The smallest absolute Gasteiger partial charge is 0.243 e. The number of aromatic amines is 1. The van der Waals surface area contributed by atoms with Crippen LogP contribution in [0.25, 0.3) is 11.4 Å². The van der Waals surface area contributed by atoms with Crippen LogP contribution < -0.4 is 4.57 Å². The van der Waals surface area contributed by atoms with E-state index in [1.54, 1.807) is 0 Å². The molecule has 2 aromatic carbocycles. The zero-order valence-electron chi connectivity index (χ0n) is 12.0. The van der Waals surface area contributed by atoms with Crippen molar-refractivity contribution in [3.63, 3.8) is 0 Å². The highest BCUT2D eigenvalue weighted by atomic mass is 79.9. The number of hydrogen-bond donors (Lipinski definition) is 1. The van der Waals surface area contributed by atoms with Crippen LogP contribution in [-0.4, -0.2) is 4.98 Å². The molecule has 0 aliphatic rings. The first kappa shape index (κ1) is 14.1. The molecule has 3 heteroatoms. The lowest BCUT2D eigenvalue weighted by molar-refractivity contribution is -0.666. The van der Waals surface area contributed by atoms with Crippen molar-refractivity contribution in [2.75, 3.05) is 0 Å². The first-order valence-electron chi connectivity index (χ1n) is 7.10. The van der Waals surface area contributed by atoms with Gasteiger partial charge in [0.05, 0.1) is 12.6 Å². The van der Waals surface area contributed by atoms with Gasteiger partial charge in [-0.2, -0.15) is 0 Å². The summed E-state index contributed by atoms with van der Waals surface area (Å²) >= 11 is 3.53. The van der Waals surface area contributed by atoms with Crippen molar-refractivity contribution in [1.82, 2.24) is 4.98 Å². The van der Waals surface area contributed by atoms with Crippen LogP contribution in [0.4, 0.5) is 0 Å². The minimum absolute atomic E-state index is 1.03. The highest BCUT2D eigenvalue weighted by molar-refractivity contribution is 9.10. The molecule has 106 valence electrons. The number of imidazole rings is 1. The van der Waals surface area contributed by atoms with Gasteiger partial charge in [-0.1, -0.05) is 52.3 Å². The van der Waals surface area contributed by atoms with E-state index in [2.05, 4.69) is 87.3 Å². The topological polar surface area (TPSA) is 19.7 Å². The largest absolute Gasteiger partial charge is 0.286 e. The minimum atomic E-state index is 1.03. The van der Waals surface area contributed by atoms with Crippen molar-refractivity contribution in [1.29, 1.82) is 0 Å². The van der Waals surface area contributed by atoms with Crippen molar-refractivity contribution in [3.8, 4) is 11.4 Å². The number of halogens is 1. The van der Waals surface area contributed by atoms with E-state index in [9.17, 15) is 0 Å². The van der Waals surface area contributed by atoms with E-state index >= 15 is 0 Å². The Morgan fingerprint density at radius 2 is 1.81 bits per heavy atom. The fraction of sp³-hybridized carbons (Fsp3) is 0.167. The van der Waals surface area contributed by atoms with Gasteiger partial charge in [-0.3, -0.25) is 0 Å². The average molecular weight is 342 g/mol. The highest BCUT2D eigenvalue weighted by Crippen LogP contribution is 2.19. The Labute approximate surface area is 133 Å². The summed E-state index contributed by atoms with van der Waals surface area (Å²) in [6, 6.07) is 19.0. The van der Waals surface area contributed by atoms with Gasteiger partial charge in [-0.15, -0.1) is 0 Å². The van der Waals surface area contributed by atoms with E-state index in [4.69, 9.17) is 0 Å². The van der Waals surface area contributed by atoms with E-state index in [0.29, 0.717) is 0 Å². The van der Waals surface area contributed by atoms with Gasteiger partial charge in [0.25, 0.3) is 5.82 Å². The Morgan fingerprint density at radius 1 is 1.00 bits per heavy atom. The Hall–Kier alpha value is -1.87. The molecule has 0 spiro atoms. The van der Waals surface area contributed by atoms with Gasteiger partial charge < -0.3 is 0 Å². The number of benzene rings is 2. The maximum atomic E-state index is 3.53. The summed E-state index contributed by atoms with van der Waals surface area (Å²) in [4.78, 5) is 3.40. The second-order valence-electron chi connectivity index (χ2n) is 5.18. The van der Waals surface area contributed by atoms with Gasteiger partial charge in [-0.25, -0.2) is 9.55 Å². The zero-order valence-corrected chi connectivity index (χ0v) is 13.6. The number of rotatable bonds is 4.